The van der Waals surface area contributed by atoms with Crippen molar-refractivity contribution in [3.8, 4) is 11.3 Å². The summed E-state index contributed by atoms with van der Waals surface area (Å²) in [6.45, 7) is 1.96. The van der Waals surface area contributed by atoms with Crippen LogP contribution in [-0.2, 0) is 13.5 Å². The molecular weight excluding hydrogens is 340 g/mol. The second-order valence-corrected chi connectivity index (χ2v) is 7.45. The highest BCUT2D eigenvalue weighted by Gasteiger charge is 2.21. The number of benzene rings is 1. The molecule has 1 saturated carbocycles. The normalized spacial score (nSPS) is 14.9. The van der Waals surface area contributed by atoms with Crippen LogP contribution in [0.25, 0.3) is 22.2 Å². The Balaban J connectivity index is 1.84. The number of hydrogen-bond donors (Lipinski definition) is 2. The third-order valence-corrected chi connectivity index (χ3v) is 5.88. The molecule has 2 heterocycles. The molecule has 1 fully saturated rings. The Hall–Kier alpha value is -2.82. The van der Waals surface area contributed by atoms with Crippen LogP contribution in [0, 0.1) is 0 Å². The number of hydrogen-bond acceptors (Lipinski definition) is 2. The van der Waals surface area contributed by atoms with E-state index in [1.54, 1.807) is 0 Å². The summed E-state index contributed by atoms with van der Waals surface area (Å²) in [6, 6.07) is 9.95. The maximum Gasteiger partial charge on any atom is 0.341 e. The summed E-state index contributed by atoms with van der Waals surface area (Å²) in [5, 5.41) is 10.4. The van der Waals surface area contributed by atoms with Gasteiger partial charge in [-0.05, 0) is 60.6 Å². The summed E-state index contributed by atoms with van der Waals surface area (Å²) in [7, 11) is 2.12. The fourth-order valence-electron chi connectivity index (χ4n) is 4.41. The minimum Gasteiger partial charge on any atom is -0.477 e. The molecule has 0 aliphatic heterocycles. The van der Waals surface area contributed by atoms with Crippen molar-refractivity contribution < 1.29 is 9.90 Å². The number of nitrogens with one attached hydrogen (secondary N) is 1. The van der Waals surface area contributed by atoms with Gasteiger partial charge in [0, 0.05) is 23.6 Å². The number of carboxylic acids is 1. The lowest BCUT2D eigenvalue weighted by atomic mass is 10.0. The average molecular weight is 364 g/mol. The number of aryl methyl sites for hydroxylation is 2. The highest BCUT2D eigenvalue weighted by atomic mass is 16.4. The van der Waals surface area contributed by atoms with E-state index in [1.807, 2.05) is 13.0 Å². The molecule has 2 aromatic heterocycles. The fraction of sp³-hybridized carbons (Fsp3) is 0.364. The van der Waals surface area contributed by atoms with Crippen molar-refractivity contribution in [2.24, 2.45) is 7.05 Å². The highest BCUT2D eigenvalue weighted by molar-refractivity contribution is 5.89. The lowest BCUT2D eigenvalue weighted by molar-refractivity contribution is 0.0695. The van der Waals surface area contributed by atoms with Crippen molar-refractivity contribution in [3.05, 3.63) is 57.5 Å². The van der Waals surface area contributed by atoms with E-state index < -0.39 is 11.5 Å². The molecule has 4 rings (SSSR count). The van der Waals surface area contributed by atoms with Crippen molar-refractivity contribution in [3.63, 3.8) is 0 Å². The van der Waals surface area contributed by atoms with Crippen LogP contribution >= 0.6 is 0 Å². The number of aromatic nitrogens is 2. The summed E-state index contributed by atoms with van der Waals surface area (Å²) < 4.78 is 2.28. The number of aromatic amines is 1. The average Bonchev–Trinajstić information content (AvgIpc) is 3.29. The maximum atomic E-state index is 12.2. The lowest BCUT2D eigenvalue weighted by Crippen LogP contribution is -2.19. The summed E-state index contributed by atoms with van der Waals surface area (Å²) in [6.07, 6.45) is 5.75. The fourth-order valence-corrected chi connectivity index (χ4v) is 4.41. The Bertz CT molecular complexity index is 1080. The summed E-state index contributed by atoms with van der Waals surface area (Å²) in [5.41, 5.74) is 4.25. The highest BCUT2D eigenvalue weighted by Crippen LogP contribution is 2.37. The molecule has 0 saturated heterocycles. The Morgan fingerprint density at radius 2 is 1.96 bits per heavy atom. The predicted octanol–water partition coefficient (Wildman–Crippen LogP) is 4.45. The van der Waals surface area contributed by atoms with Crippen LogP contribution in [0.5, 0.6) is 0 Å². The van der Waals surface area contributed by atoms with E-state index >= 15 is 0 Å². The zero-order chi connectivity index (χ0) is 19.1. The molecule has 5 nitrogen and oxygen atoms in total. The molecule has 140 valence electrons. The maximum absolute atomic E-state index is 12.2. The first-order valence-corrected chi connectivity index (χ1v) is 9.58. The summed E-state index contributed by atoms with van der Waals surface area (Å²) in [5.74, 6) is -0.566. The quantitative estimate of drug-likeness (QED) is 0.718. The van der Waals surface area contributed by atoms with Crippen molar-refractivity contribution in [1.82, 2.24) is 9.55 Å². The SMILES string of the molecule is CCc1cc(C(=O)O)c(=O)[nH]c1-c1ccc2c(c1)cc(C1CCCC1)n2C. The van der Waals surface area contributed by atoms with Gasteiger partial charge in [0.25, 0.3) is 5.56 Å². The Morgan fingerprint density at radius 3 is 2.63 bits per heavy atom. The number of H-pyrrole nitrogens is 1. The van der Waals surface area contributed by atoms with Crippen LogP contribution in [0.1, 0.15) is 60.1 Å². The molecule has 1 aliphatic rings. The van der Waals surface area contributed by atoms with Crippen LogP contribution in [0.4, 0.5) is 0 Å². The van der Waals surface area contributed by atoms with Crippen molar-refractivity contribution in [2.75, 3.05) is 0 Å². The molecule has 1 aromatic carbocycles. The van der Waals surface area contributed by atoms with E-state index in [9.17, 15) is 14.7 Å². The molecule has 0 radical (unpaired) electrons. The second kappa shape index (κ2) is 6.72. The topological polar surface area (TPSA) is 75.1 Å². The molecule has 0 atom stereocenters. The third-order valence-electron chi connectivity index (χ3n) is 5.88. The Morgan fingerprint density at radius 1 is 1.22 bits per heavy atom. The monoisotopic (exact) mass is 364 g/mol. The Kier molecular flexibility index (Phi) is 4.38. The first-order valence-electron chi connectivity index (χ1n) is 9.58. The van der Waals surface area contributed by atoms with Gasteiger partial charge in [0.2, 0.25) is 0 Å². The number of carbonyl (C=O) groups is 1. The minimum atomic E-state index is -1.20. The molecule has 3 aromatic rings. The van der Waals surface area contributed by atoms with Gasteiger partial charge in [0.15, 0.2) is 0 Å². The van der Waals surface area contributed by atoms with Gasteiger partial charge in [-0.25, -0.2) is 4.79 Å². The molecule has 0 amide bonds. The predicted molar refractivity (Wildman–Crippen MR) is 107 cm³/mol. The molecule has 0 unspecified atom stereocenters. The second-order valence-electron chi connectivity index (χ2n) is 7.45. The van der Waals surface area contributed by atoms with Gasteiger partial charge < -0.3 is 14.7 Å². The third kappa shape index (κ3) is 2.97. The van der Waals surface area contributed by atoms with Crippen molar-refractivity contribution >= 4 is 16.9 Å². The molecule has 0 bridgehead atoms. The van der Waals surface area contributed by atoms with Crippen LogP contribution in [0.2, 0.25) is 0 Å². The Labute approximate surface area is 157 Å². The zero-order valence-corrected chi connectivity index (χ0v) is 15.7. The first-order chi connectivity index (χ1) is 13.0. The molecule has 2 N–H and O–H groups in total. The number of rotatable bonds is 4. The van der Waals surface area contributed by atoms with Gasteiger partial charge in [-0.2, -0.15) is 0 Å². The number of carboxylic acid groups (broad SMARTS) is 1. The summed E-state index contributed by atoms with van der Waals surface area (Å²) in [4.78, 5) is 26.2. The molecular formula is C22H24N2O3. The standard InChI is InChI=1S/C22H24N2O3/c1-3-13-11-17(22(26)27)21(25)23-20(13)15-8-9-18-16(10-15)12-19(24(18)2)14-6-4-5-7-14/h8-12,14H,3-7H2,1-2H3,(H,23,25)(H,26,27). The van der Waals surface area contributed by atoms with Crippen LogP contribution < -0.4 is 5.56 Å². The van der Waals surface area contributed by atoms with Gasteiger partial charge in [-0.1, -0.05) is 25.8 Å². The number of nitrogens with zero attached hydrogens (tertiary/aromatic N) is 1. The van der Waals surface area contributed by atoms with Crippen LogP contribution in [-0.4, -0.2) is 20.6 Å². The molecule has 27 heavy (non-hydrogen) atoms. The summed E-state index contributed by atoms with van der Waals surface area (Å²) >= 11 is 0. The van der Waals surface area contributed by atoms with E-state index in [4.69, 9.17) is 0 Å². The number of fused-ring (bicyclic) bond motifs is 1. The van der Waals surface area contributed by atoms with Gasteiger partial charge in [-0.15, -0.1) is 0 Å². The number of pyridine rings is 1. The lowest BCUT2D eigenvalue weighted by Gasteiger charge is -2.11. The van der Waals surface area contributed by atoms with Gasteiger partial charge in [0.05, 0.1) is 5.69 Å². The van der Waals surface area contributed by atoms with E-state index in [-0.39, 0.29) is 5.56 Å². The molecule has 0 spiro atoms. The van der Waals surface area contributed by atoms with Gasteiger partial charge in [0.1, 0.15) is 5.56 Å². The van der Waals surface area contributed by atoms with E-state index in [2.05, 4.69) is 34.8 Å². The van der Waals surface area contributed by atoms with E-state index in [0.717, 1.165) is 16.5 Å². The molecule has 1 aliphatic carbocycles. The molecule has 5 heteroatoms. The zero-order valence-electron chi connectivity index (χ0n) is 15.7. The van der Waals surface area contributed by atoms with Gasteiger partial charge in [-0.3, -0.25) is 4.79 Å². The van der Waals surface area contributed by atoms with E-state index in [0.29, 0.717) is 18.0 Å². The smallest absolute Gasteiger partial charge is 0.341 e. The largest absolute Gasteiger partial charge is 0.477 e. The minimum absolute atomic E-state index is 0.208. The first kappa shape index (κ1) is 17.6. The van der Waals surface area contributed by atoms with Gasteiger partial charge >= 0.3 is 5.97 Å². The number of aromatic carboxylic acids is 1. The van der Waals surface area contributed by atoms with Crippen molar-refractivity contribution in [1.29, 1.82) is 0 Å². The van der Waals surface area contributed by atoms with Crippen LogP contribution in [0.15, 0.2) is 35.1 Å². The van der Waals surface area contributed by atoms with E-state index in [1.165, 1.54) is 43.0 Å². The van der Waals surface area contributed by atoms with Crippen molar-refractivity contribution in [2.45, 2.75) is 44.9 Å². The van der Waals surface area contributed by atoms with Crippen LogP contribution in [0.3, 0.4) is 0 Å².